The normalized spacial score (nSPS) is 15.1. The van der Waals surface area contributed by atoms with Crippen LogP contribution >= 0.6 is 0 Å². The highest BCUT2D eigenvalue weighted by Gasteiger charge is 2.41. The van der Waals surface area contributed by atoms with Crippen molar-refractivity contribution >= 4 is 11.8 Å². The van der Waals surface area contributed by atoms with E-state index in [-0.39, 0.29) is 23.4 Å². The molecule has 0 unspecified atom stereocenters. The standard InChI is InChI=1S/C21H19F3N4O3/c22-21(23,24)18-16(13-25-28(18)15-5-2-1-3-6-15)19(29)26-14-8-10-27(11-9-14)20(30)17-7-4-12-31-17/h1-7,12-14H,8-11H2,(H,26,29). The first-order valence-electron chi connectivity index (χ1n) is 9.69. The number of halogens is 3. The molecular weight excluding hydrogens is 413 g/mol. The summed E-state index contributed by atoms with van der Waals surface area (Å²) in [6, 6.07) is 10.7. The summed E-state index contributed by atoms with van der Waals surface area (Å²) in [5, 5.41) is 6.46. The van der Waals surface area contributed by atoms with Crippen molar-refractivity contribution < 1.29 is 27.2 Å². The fourth-order valence-corrected chi connectivity index (χ4v) is 3.60. The first kappa shape index (κ1) is 20.7. The van der Waals surface area contributed by atoms with Gasteiger partial charge in [0.25, 0.3) is 11.8 Å². The third-order valence-corrected chi connectivity index (χ3v) is 5.13. The number of benzene rings is 1. The molecule has 162 valence electrons. The van der Waals surface area contributed by atoms with Gasteiger partial charge in [0.05, 0.1) is 23.7 Å². The summed E-state index contributed by atoms with van der Waals surface area (Å²) in [6.07, 6.45) is -1.58. The lowest BCUT2D eigenvalue weighted by molar-refractivity contribution is -0.143. The maximum Gasteiger partial charge on any atom is 0.434 e. The zero-order valence-corrected chi connectivity index (χ0v) is 16.3. The number of likely N-dealkylation sites (tertiary alicyclic amines) is 1. The highest BCUT2D eigenvalue weighted by Crippen LogP contribution is 2.33. The Hall–Kier alpha value is -3.56. The number of carbonyl (C=O) groups is 2. The Morgan fingerprint density at radius 1 is 1.06 bits per heavy atom. The number of hydrogen-bond acceptors (Lipinski definition) is 4. The Labute approximate surface area is 175 Å². The van der Waals surface area contributed by atoms with Gasteiger partial charge in [-0.05, 0) is 37.1 Å². The largest absolute Gasteiger partial charge is 0.459 e. The topological polar surface area (TPSA) is 80.4 Å². The van der Waals surface area contributed by atoms with Gasteiger partial charge < -0.3 is 14.6 Å². The van der Waals surface area contributed by atoms with Gasteiger partial charge in [0.1, 0.15) is 0 Å². The van der Waals surface area contributed by atoms with Crippen LogP contribution in [0.2, 0.25) is 0 Å². The minimum Gasteiger partial charge on any atom is -0.459 e. The predicted molar refractivity (Wildman–Crippen MR) is 104 cm³/mol. The van der Waals surface area contributed by atoms with E-state index in [1.54, 1.807) is 35.2 Å². The summed E-state index contributed by atoms with van der Waals surface area (Å²) in [4.78, 5) is 26.6. The molecule has 0 bridgehead atoms. The molecule has 2 amide bonds. The highest BCUT2D eigenvalue weighted by molar-refractivity contribution is 5.95. The second-order valence-corrected chi connectivity index (χ2v) is 7.17. The van der Waals surface area contributed by atoms with Crippen molar-refractivity contribution in [3.05, 3.63) is 71.9 Å². The van der Waals surface area contributed by atoms with E-state index in [1.807, 2.05) is 0 Å². The summed E-state index contributed by atoms with van der Waals surface area (Å²) in [6.45, 7) is 0.722. The molecule has 0 saturated carbocycles. The van der Waals surface area contributed by atoms with Gasteiger partial charge in [-0.2, -0.15) is 18.3 Å². The third kappa shape index (κ3) is 4.32. The maximum atomic E-state index is 13.7. The van der Waals surface area contributed by atoms with E-state index in [2.05, 4.69) is 10.4 Å². The van der Waals surface area contributed by atoms with Gasteiger partial charge in [0.2, 0.25) is 0 Å². The van der Waals surface area contributed by atoms with Crippen molar-refractivity contribution in [1.82, 2.24) is 20.0 Å². The molecule has 10 heteroatoms. The fourth-order valence-electron chi connectivity index (χ4n) is 3.60. The van der Waals surface area contributed by atoms with E-state index in [9.17, 15) is 22.8 Å². The van der Waals surface area contributed by atoms with Crippen LogP contribution in [0, 0.1) is 0 Å². The molecule has 4 rings (SSSR count). The Balaban J connectivity index is 1.46. The summed E-state index contributed by atoms with van der Waals surface area (Å²) >= 11 is 0. The van der Waals surface area contributed by atoms with Gasteiger partial charge >= 0.3 is 6.18 Å². The molecule has 0 spiro atoms. The number of para-hydroxylation sites is 1. The average molecular weight is 432 g/mol. The number of aromatic nitrogens is 2. The molecule has 1 aliphatic heterocycles. The third-order valence-electron chi connectivity index (χ3n) is 5.13. The summed E-state index contributed by atoms with van der Waals surface area (Å²) in [7, 11) is 0. The summed E-state index contributed by atoms with van der Waals surface area (Å²) in [5.74, 6) is -0.866. The number of nitrogens with one attached hydrogen (secondary N) is 1. The van der Waals surface area contributed by atoms with E-state index in [1.165, 1.54) is 18.4 Å². The van der Waals surface area contributed by atoms with Crippen LogP contribution in [0.15, 0.2) is 59.3 Å². The minimum atomic E-state index is -4.77. The minimum absolute atomic E-state index is 0.207. The van der Waals surface area contributed by atoms with E-state index >= 15 is 0 Å². The Kier molecular flexibility index (Phi) is 5.53. The molecule has 3 aromatic rings. The molecule has 1 fully saturated rings. The number of nitrogens with zero attached hydrogens (tertiary/aromatic N) is 3. The predicted octanol–water partition coefficient (Wildman–Crippen LogP) is 3.52. The van der Waals surface area contributed by atoms with Crippen LogP contribution in [0.1, 0.15) is 39.4 Å². The molecule has 2 aromatic heterocycles. The maximum absolute atomic E-state index is 13.7. The molecular formula is C21H19F3N4O3. The molecule has 0 radical (unpaired) electrons. The quantitative estimate of drug-likeness (QED) is 0.684. The van der Waals surface area contributed by atoms with E-state index in [0.717, 1.165) is 10.9 Å². The number of alkyl halides is 3. The van der Waals surface area contributed by atoms with Gasteiger partial charge in [-0.1, -0.05) is 18.2 Å². The number of furan rings is 1. The van der Waals surface area contributed by atoms with Crippen LogP contribution in [0.4, 0.5) is 13.2 Å². The number of carbonyl (C=O) groups excluding carboxylic acids is 2. The van der Waals surface area contributed by atoms with Crippen LogP contribution in [0.5, 0.6) is 0 Å². The number of hydrogen-bond donors (Lipinski definition) is 1. The average Bonchev–Trinajstić information content (AvgIpc) is 3.44. The first-order chi connectivity index (χ1) is 14.8. The molecule has 1 aliphatic rings. The second-order valence-electron chi connectivity index (χ2n) is 7.17. The molecule has 1 aromatic carbocycles. The molecule has 3 heterocycles. The van der Waals surface area contributed by atoms with Crippen LogP contribution in [0.3, 0.4) is 0 Å². The summed E-state index contributed by atoms with van der Waals surface area (Å²) < 4.78 is 47.1. The molecule has 7 nitrogen and oxygen atoms in total. The highest BCUT2D eigenvalue weighted by atomic mass is 19.4. The van der Waals surface area contributed by atoms with E-state index < -0.39 is 23.3 Å². The van der Waals surface area contributed by atoms with Crippen LogP contribution in [-0.4, -0.2) is 45.6 Å². The number of rotatable bonds is 4. The Bertz CT molecular complexity index is 1050. The lowest BCUT2D eigenvalue weighted by Crippen LogP contribution is -2.46. The SMILES string of the molecule is O=C(NC1CCN(C(=O)c2ccco2)CC1)c1cnn(-c2ccccc2)c1C(F)(F)F. The smallest absolute Gasteiger partial charge is 0.434 e. The Morgan fingerprint density at radius 2 is 1.77 bits per heavy atom. The van der Waals surface area contributed by atoms with Crippen molar-refractivity contribution in [3.63, 3.8) is 0 Å². The monoisotopic (exact) mass is 432 g/mol. The van der Waals surface area contributed by atoms with Crippen molar-refractivity contribution in [1.29, 1.82) is 0 Å². The van der Waals surface area contributed by atoms with Crippen molar-refractivity contribution in [2.24, 2.45) is 0 Å². The lowest BCUT2D eigenvalue weighted by atomic mass is 10.0. The number of piperidine rings is 1. The van der Waals surface area contributed by atoms with Crippen molar-refractivity contribution in [3.8, 4) is 5.69 Å². The summed E-state index contributed by atoms with van der Waals surface area (Å²) in [5.41, 5.74) is -1.45. The molecule has 0 atom stereocenters. The zero-order valence-electron chi connectivity index (χ0n) is 16.3. The van der Waals surface area contributed by atoms with Crippen LogP contribution in [0.25, 0.3) is 5.69 Å². The Morgan fingerprint density at radius 3 is 2.39 bits per heavy atom. The van der Waals surface area contributed by atoms with Crippen LogP contribution < -0.4 is 5.32 Å². The second kappa shape index (κ2) is 8.29. The van der Waals surface area contributed by atoms with E-state index in [0.29, 0.717) is 25.9 Å². The first-order valence-corrected chi connectivity index (χ1v) is 9.69. The van der Waals surface area contributed by atoms with E-state index in [4.69, 9.17) is 4.42 Å². The number of amides is 2. The fraction of sp³-hybridized carbons (Fsp3) is 0.286. The molecule has 31 heavy (non-hydrogen) atoms. The van der Waals surface area contributed by atoms with Gasteiger partial charge in [-0.3, -0.25) is 9.59 Å². The van der Waals surface area contributed by atoms with Gasteiger partial charge in [0.15, 0.2) is 11.5 Å². The van der Waals surface area contributed by atoms with Crippen molar-refractivity contribution in [2.75, 3.05) is 13.1 Å². The molecule has 1 N–H and O–H groups in total. The van der Waals surface area contributed by atoms with Crippen molar-refractivity contribution in [2.45, 2.75) is 25.1 Å². The zero-order chi connectivity index (χ0) is 22.0. The molecule has 0 aliphatic carbocycles. The molecule has 1 saturated heterocycles. The van der Waals surface area contributed by atoms with Gasteiger partial charge in [-0.15, -0.1) is 0 Å². The van der Waals surface area contributed by atoms with Gasteiger partial charge in [0, 0.05) is 19.1 Å². The van der Waals surface area contributed by atoms with Gasteiger partial charge in [-0.25, -0.2) is 4.68 Å². The van der Waals surface area contributed by atoms with Crippen LogP contribution in [-0.2, 0) is 6.18 Å². The lowest BCUT2D eigenvalue weighted by Gasteiger charge is -2.31.